The van der Waals surface area contributed by atoms with Crippen LogP contribution in [0.5, 0.6) is 0 Å². The third-order valence-corrected chi connectivity index (χ3v) is 2.93. The van der Waals surface area contributed by atoms with Gasteiger partial charge in [0, 0.05) is 18.3 Å². The van der Waals surface area contributed by atoms with Gasteiger partial charge in [-0.25, -0.2) is 4.39 Å². The lowest BCUT2D eigenvalue weighted by Gasteiger charge is -2.26. The highest BCUT2D eigenvalue weighted by molar-refractivity contribution is 5.59. The van der Waals surface area contributed by atoms with E-state index in [1.807, 2.05) is 18.2 Å². The van der Waals surface area contributed by atoms with E-state index in [1.54, 1.807) is 0 Å². The second kappa shape index (κ2) is 4.19. The van der Waals surface area contributed by atoms with Gasteiger partial charge in [-0.2, -0.15) is 0 Å². The summed E-state index contributed by atoms with van der Waals surface area (Å²) >= 11 is 0. The van der Waals surface area contributed by atoms with E-state index in [2.05, 4.69) is 17.9 Å². The molecule has 0 radical (unpaired) electrons. The van der Waals surface area contributed by atoms with E-state index in [-0.39, 0.29) is 0 Å². The van der Waals surface area contributed by atoms with Crippen molar-refractivity contribution in [3.8, 4) is 0 Å². The van der Waals surface area contributed by atoms with Crippen molar-refractivity contribution in [2.75, 3.05) is 18.1 Å². The van der Waals surface area contributed by atoms with Gasteiger partial charge in [-0.15, -0.1) is 0 Å². The molecule has 0 aromatic heterocycles. The molecule has 0 bridgehead atoms. The van der Waals surface area contributed by atoms with E-state index in [1.165, 1.54) is 5.56 Å². The van der Waals surface area contributed by atoms with Gasteiger partial charge in [0.2, 0.25) is 0 Å². The fourth-order valence-corrected chi connectivity index (χ4v) is 2.18. The fraction of sp³-hybridized carbons (Fsp3) is 0.500. The molecule has 2 nitrogen and oxygen atoms in total. The minimum absolute atomic E-state index is 0.351. The fourth-order valence-electron chi connectivity index (χ4n) is 2.18. The summed E-state index contributed by atoms with van der Waals surface area (Å²) in [6.07, 6.45) is 0.105. The number of benzene rings is 1. The second-order valence-corrected chi connectivity index (χ2v) is 4.14. The predicted octanol–water partition coefficient (Wildman–Crippen LogP) is 1.77. The molecule has 82 valence electrons. The Morgan fingerprint density at radius 3 is 3.00 bits per heavy atom. The maximum Gasteiger partial charge on any atom is 0.117 e. The molecule has 0 spiro atoms. The number of hydrogen-bond acceptors (Lipinski definition) is 2. The molecule has 3 heteroatoms. The van der Waals surface area contributed by atoms with Crippen molar-refractivity contribution in [1.29, 1.82) is 0 Å². The molecular weight excluding hydrogens is 193 g/mol. The number of aliphatic hydroxyl groups is 1. The van der Waals surface area contributed by atoms with Crippen LogP contribution in [-0.2, 0) is 6.42 Å². The number of hydrogen-bond donors (Lipinski definition) is 1. The number of aliphatic hydroxyl groups excluding tert-OH is 1. The van der Waals surface area contributed by atoms with E-state index < -0.39 is 12.8 Å². The summed E-state index contributed by atoms with van der Waals surface area (Å²) < 4.78 is 12.3. The molecule has 0 amide bonds. The predicted molar refractivity (Wildman–Crippen MR) is 58.9 cm³/mol. The molecule has 0 saturated carbocycles. The van der Waals surface area contributed by atoms with E-state index in [0.717, 1.165) is 12.1 Å². The third kappa shape index (κ3) is 1.97. The van der Waals surface area contributed by atoms with E-state index >= 15 is 0 Å². The van der Waals surface area contributed by atoms with Crippen LogP contribution in [-0.4, -0.2) is 30.5 Å². The minimum atomic E-state index is -0.876. The Morgan fingerprint density at radius 2 is 2.27 bits per heavy atom. The van der Waals surface area contributed by atoms with Crippen LogP contribution in [0.4, 0.5) is 10.1 Å². The maximum absolute atomic E-state index is 12.3. The lowest BCUT2D eigenvalue weighted by Crippen LogP contribution is -2.37. The van der Waals surface area contributed by atoms with Crippen molar-refractivity contribution in [3.63, 3.8) is 0 Å². The van der Waals surface area contributed by atoms with Crippen molar-refractivity contribution >= 4 is 5.69 Å². The number of halogens is 1. The number of β-amino-alcohol motifs (C(OH)–C–C–N with tert-alkyl or cyclic N) is 1. The van der Waals surface area contributed by atoms with Crippen LogP contribution in [0.15, 0.2) is 24.3 Å². The molecule has 1 heterocycles. The SMILES string of the molecule is CC1Cc2ccccc2N1CC(O)CF. The second-order valence-electron chi connectivity index (χ2n) is 4.14. The summed E-state index contributed by atoms with van der Waals surface area (Å²) in [5.74, 6) is 0. The Hall–Kier alpha value is -1.09. The van der Waals surface area contributed by atoms with Gasteiger partial charge < -0.3 is 10.0 Å². The zero-order valence-electron chi connectivity index (χ0n) is 8.86. The summed E-state index contributed by atoms with van der Waals surface area (Å²) in [5, 5.41) is 9.35. The highest BCUT2D eigenvalue weighted by Gasteiger charge is 2.26. The van der Waals surface area contributed by atoms with Crippen molar-refractivity contribution in [1.82, 2.24) is 0 Å². The number of para-hydroxylation sites is 1. The molecule has 1 aromatic rings. The van der Waals surface area contributed by atoms with Crippen molar-refractivity contribution in [2.24, 2.45) is 0 Å². The molecule has 1 aromatic carbocycles. The molecule has 1 aliphatic heterocycles. The Balaban J connectivity index is 2.18. The van der Waals surface area contributed by atoms with Crippen LogP contribution in [0.3, 0.4) is 0 Å². The molecule has 2 rings (SSSR count). The molecular formula is C12H16FNO. The average molecular weight is 209 g/mol. The van der Waals surface area contributed by atoms with Crippen LogP contribution >= 0.6 is 0 Å². The molecule has 2 atom stereocenters. The molecule has 0 aliphatic carbocycles. The molecule has 1 aliphatic rings. The highest BCUT2D eigenvalue weighted by Crippen LogP contribution is 2.31. The third-order valence-electron chi connectivity index (χ3n) is 2.93. The lowest BCUT2D eigenvalue weighted by atomic mass is 10.1. The molecule has 2 unspecified atom stereocenters. The standard InChI is InChI=1S/C12H16FNO/c1-9-6-10-4-2-3-5-12(10)14(9)8-11(15)7-13/h2-5,9,11,15H,6-8H2,1H3. The Labute approximate surface area is 89.3 Å². The zero-order valence-corrected chi connectivity index (χ0v) is 8.86. The Morgan fingerprint density at radius 1 is 1.53 bits per heavy atom. The Kier molecular flexibility index (Phi) is 2.91. The van der Waals surface area contributed by atoms with E-state index in [4.69, 9.17) is 0 Å². The number of rotatable bonds is 3. The van der Waals surface area contributed by atoms with E-state index in [0.29, 0.717) is 12.6 Å². The first-order chi connectivity index (χ1) is 7.22. The number of nitrogens with zero attached hydrogens (tertiary/aromatic N) is 1. The van der Waals surface area contributed by atoms with E-state index in [9.17, 15) is 9.50 Å². The first-order valence-electron chi connectivity index (χ1n) is 5.31. The number of alkyl halides is 1. The van der Waals surface area contributed by atoms with Crippen molar-refractivity contribution in [2.45, 2.75) is 25.5 Å². The topological polar surface area (TPSA) is 23.5 Å². The monoisotopic (exact) mass is 209 g/mol. The van der Waals surface area contributed by atoms with Gasteiger partial charge in [0.05, 0.1) is 6.10 Å². The molecule has 15 heavy (non-hydrogen) atoms. The summed E-state index contributed by atoms with van der Waals surface area (Å²) in [6.45, 7) is 1.81. The number of anilines is 1. The summed E-state index contributed by atoms with van der Waals surface area (Å²) in [6, 6.07) is 8.47. The highest BCUT2D eigenvalue weighted by atomic mass is 19.1. The van der Waals surface area contributed by atoms with Crippen LogP contribution in [0.1, 0.15) is 12.5 Å². The van der Waals surface area contributed by atoms with Gasteiger partial charge in [0.1, 0.15) is 6.67 Å². The smallest absolute Gasteiger partial charge is 0.117 e. The molecule has 1 N–H and O–H groups in total. The van der Waals surface area contributed by atoms with Gasteiger partial charge in [0.25, 0.3) is 0 Å². The molecule has 0 fully saturated rings. The Bertz CT molecular complexity index is 342. The average Bonchev–Trinajstić information content (AvgIpc) is 2.55. The largest absolute Gasteiger partial charge is 0.389 e. The maximum atomic E-state index is 12.3. The van der Waals surface area contributed by atoms with Gasteiger partial charge in [-0.05, 0) is 25.0 Å². The zero-order chi connectivity index (χ0) is 10.8. The first kappa shape index (κ1) is 10.4. The molecule has 0 saturated heterocycles. The summed E-state index contributed by atoms with van der Waals surface area (Å²) in [7, 11) is 0. The van der Waals surface area contributed by atoms with Crippen molar-refractivity contribution in [3.05, 3.63) is 29.8 Å². The van der Waals surface area contributed by atoms with Crippen LogP contribution in [0.25, 0.3) is 0 Å². The summed E-state index contributed by atoms with van der Waals surface area (Å²) in [5.41, 5.74) is 2.42. The van der Waals surface area contributed by atoms with Gasteiger partial charge in [0.15, 0.2) is 0 Å². The van der Waals surface area contributed by atoms with Gasteiger partial charge >= 0.3 is 0 Å². The minimum Gasteiger partial charge on any atom is -0.389 e. The quantitative estimate of drug-likeness (QED) is 0.820. The normalized spacial score (nSPS) is 21.5. The number of fused-ring (bicyclic) bond motifs is 1. The van der Waals surface area contributed by atoms with Crippen molar-refractivity contribution < 1.29 is 9.50 Å². The van der Waals surface area contributed by atoms with Gasteiger partial charge in [-0.3, -0.25) is 0 Å². The lowest BCUT2D eigenvalue weighted by molar-refractivity contribution is 0.143. The van der Waals surface area contributed by atoms with Gasteiger partial charge in [-0.1, -0.05) is 18.2 Å². The first-order valence-corrected chi connectivity index (χ1v) is 5.31. The van der Waals surface area contributed by atoms with Crippen LogP contribution in [0.2, 0.25) is 0 Å². The van der Waals surface area contributed by atoms with Crippen LogP contribution < -0.4 is 4.90 Å². The van der Waals surface area contributed by atoms with Crippen LogP contribution in [0, 0.1) is 0 Å². The summed E-state index contributed by atoms with van der Waals surface area (Å²) in [4.78, 5) is 2.08.